The van der Waals surface area contributed by atoms with E-state index in [1.54, 1.807) is 0 Å². The minimum absolute atomic E-state index is 0.625. The molecule has 0 aliphatic carbocycles. The van der Waals surface area contributed by atoms with Crippen LogP contribution in [0.2, 0.25) is 0 Å². The molecule has 12 heavy (non-hydrogen) atoms. The first-order valence-electron chi connectivity index (χ1n) is 4.86. The summed E-state index contributed by atoms with van der Waals surface area (Å²) >= 11 is 0. The van der Waals surface area contributed by atoms with Crippen molar-refractivity contribution in [1.82, 2.24) is 5.32 Å². The summed E-state index contributed by atoms with van der Waals surface area (Å²) in [5.74, 6) is 0.662. The van der Waals surface area contributed by atoms with E-state index in [0.29, 0.717) is 18.0 Å². The van der Waals surface area contributed by atoms with E-state index in [-0.39, 0.29) is 0 Å². The van der Waals surface area contributed by atoms with Gasteiger partial charge in [-0.3, -0.25) is 0 Å². The number of rotatable bonds is 3. The molecule has 0 saturated heterocycles. The van der Waals surface area contributed by atoms with Gasteiger partial charge < -0.3 is 11.1 Å². The van der Waals surface area contributed by atoms with Gasteiger partial charge in [-0.05, 0) is 12.5 Å². The molecule has 0 aromatic heterocycles. The zero-order chi connectivity index (χ0) is 10.1. The quantitative estimate of drug-likeness (QED) is 0.687. The van der Waals surface area contributed by atoms with Crippen molar-refractivity contribution in [3.8, 4) is 0 Å². The number of nitrogens with one attached hydrogen (secondary N) is 1. The van der Waals surface area contributed by atoms with E-state index in [0.717, 1.165) is 6.54 Å². The van der Waals surface area contributed by atoms with Crippen LogP contribution in [0.5, 0.6) is 0 Å². The van der Waals surface area contributed by atoms with Crippen molar-refractivity contribution in [2.24, 2.45) is 11.7 Å². The highest BCUT2D eigenvalue weighted by molar-refractivity contribution is 4.55. The maximum Gasteiger partial charge on any atom is 0.00127 e. The maximum atomic E-state index is 5.17. The molecule has 0 aliphatic heterocycles. The third-order valence-electron chi connectivity index (χ3n) is 1.14. The van der Waals surface area contributed by atoms with Crippen LogP contribution >= 0.6 is 0 Å². The maximum absolute atomic E-state index is 5.17. The fourth-order valence-electron chi connectivity index (χ4n) is 0.667. The van der Waals surface area contributed by atoms with Crippen molar-refractivity contribution >= 4 is 0 Å². The molecule has 2 nitrogen and oxygen atoms in total. The fraction of sp³-hybridized carbons (Fsp3) is 1.00. The highest BCUT2D eigenvalue weighted by Crippen LogP contribution is 1.81. The third-order valence-corrected chi connectivity index (χ3v) is 1.14. The van der Waals surface area contributed by atoms with Crippen molar-refractivity contribution in [1.29, 1.82) is 0 Å². The smallest absolute Gasteiger partial charge is 0.00127 e. The summed E-state index contributed by atoms with van der Waals surface area (Å²) in [4.78, 5) is 0. The van der Waals surface area contributed by atoms with Gasteiger partial charge >= 0.3 is 0 Å². The molecule has 0 saturated carbocycles. The summed E-state index contributed by atoms with van der Waals surface area (Å²) in [6, 6.07) is 1.25. The van der Waals surface area contributed by atoms with Gasteiger partial charge in [-0.25, -0.2) is 0 Å². The van der Waals surface area contributed by atoms with Crippen LogP contribution in [0.15, 0.2) is 0 Å². The summed E-state index contributed by atoms with van der Waals surface area (Å²) in [5.41, 5.74) is 5.17. The lowest BCUT2D eigenvalue weighted by molar-refractivity contribution is 0.518. The standard InChI is InChI=1S/C6H15N.C4H11N/c1-5(2)7-6(3)4;1-4(2)3-5/h5-7H,1-4H3;4H,3,5H2,1-2H3. The van der Waals surface area contributed by atoms with Crippen molar-refractivity contribution in [3.05, 3.63) is 0 Å². The van der Waals surface area contributed by atoms with Gasteiger partial charge in [-0.2, -0.15) is 0 Å². The van der Waals surface area contributed by atoms with Crippen molar-refractivity contribution in [2.75, 3.05) is 6.54 Å². The van der Waals surface area contributed by atoms with Crippen molar-refractivity contribution in [2.45, 2.75) is 53.6 Å². The summed E-state index contributed by atoms with van der Waals surface area (Å²) in [5, 5.41) is 3.31. The van der Waals surface area contributed by atoms with Crippen LogP contribution in [0.1, 0.15) is 41.5 Å². The third kappa shape index (κ3) is 22.5. The van der Waals surface area contributed by atoms with Crippen LogP contribution in [0.4, 0.5) is 0 Å². The first-order chi connectivity index (χ1) is 5.40. The Morgan fingerprint density at radius 1 is 0.917 bits per heavy atom. The van der Waals surface area contributed by atoms with Crippen LogP contribution in [-0.4, -0.2) is 18.6 Å². The molecule has 76 valence electrons. The van der Waals surface area contributed by atoms with Gasteiger partial charge in [-0.15, -0.1) is 0 Å². The van der Waals surface area contributed by atoms with Gasteiger partial charge in [0.2, 0.25) is 0 Å². The highest BCUT2D eigenvalue weighted by Gasteiger charge is 1.92. The van der Waals surface area contributed by atoms with Crippen LogP contribution < -0.4 is 11.1 Å². The zero-order valence-corrected chi connectivity index (χ0v) is 9.52. The van der Waals surface area contributed by atoms with Gasteiger partial charge in [0.15, 0.2) is 0 Å². The second kappa shape index (κ2) is 9.01. The van der Waals surface area contributed by atoms with Crippen LogP contribution in [0, 0.1) is 5.92 Å². The number of hydrogen-bond donors (Lipinski definition) is 2. The van der Waals surface area contributed by atoms with Gasteiger partial charge in [-0.1, -0.05) is 41.5 Å². The Morgan fingerprint density at radius 3 is 1.17 bits per heavy atom. The van der Waals surface area contributed by atoms with Gasteiger partial charge in [0.25, 0.3) is 0 Å². The zero-order valence-electron chi connectivity index (χ0n) is 9.52. The molecule has 0 heterocycles. The average Bonchev–Trinajstić information content (AvgIpc) is 1.85. The second-order valence-corrected chi connectivity index (χ2v) is 4.11. The SMILES string of the molecule is CC(C)CN.CC(C)NC(C)C. The van der Waals surface area contributed by atoms with Crippen molar-refractivity contribution in [3.63, 3.8) is 0 Å². The first-order valence-corrected chi connectivity index (χ1v) is 4.86. The van der Waals surface area contributed by atoms with E-state index in [2.05, 4.69) is 46.9 Å². The Kier molecular flexibility index (Phi) is 10.8. The average molecular weight is 174 g/mol. The van der Waals surface area contributed by atoms with E-state index in [1.807, 2.05) is 0 Å². The van der Waals surface area contributed by atoms with E-state index in [1.165, 1.54) is 0 Å². The van der Waals surface area contributed by atoms with Crippen LogP contribution in [0.3, 0.4) is 0 Å². The molecular weight excluding hydrogens is 148 g/mol. The lowest BCUT2D eigenvalue weighted by atomic mass is 10.2. The van der Waals surface area contributed by atoms with E-state index in [4.69, 9.17) is 5.73 Å². The molecule has 0 bridgehead atoms. The summed E-state index contributed by atoms with van der Waals surface area (Å²) in [7, 11) is 0. The normalized spacial score (nSPS) is 10.5. The molecule has 0 aromatic rings. The Labute approximate surface area is 77.9 Å². The lowest BCUT2D eigenvalue weighted by Gasteiger charge is -2.10. The Morgan fingerprint density at radius 2 is 1.17 bits per heavy atom. The molecule has 0 aliphatic rings. The molecular formula is C10H26N2. The predicted octanol–water partition coefficient (Wildman–Crippen LogP) is 1.99. The molecule has 0 amide bonds. The summed E-state index contributed by atoms with van der Waals surface area (Å²) < 4.78 is 0. The molecule has 0 spiro atoms. The molecule has 0 unspecified atom stereocenters. The van der Waals surface area contributed by atoms with Crippen LogP contribution in [-0.2, 0) is 0 Å². The minimum atomic E-state index is 0.625. The Balaban J connectivity index is 0. The van der Waals surface area contributed by atoms with E-state index >= 15 is 0 Å². The first kappa shape index (κ1) is 14.4. The largest absolute Gasteiger partial charge is 0.330 e. The summed E-state index contributed by atoms with van der Waals surface area (Å²) in [6.45, 7) is 13.6. The molecule has 0 atom stereocenters. The molecule has 0 fully saturated rings. The summed E-state index contributed by atoms with van der Waals surface area (Å²) in [6.07, 6.45) is 0. The molecule has 0 aromatic carbocycles. The predicted molar refractivity (Wildman–Crippen MR) is 57.3 cm³/mol. The molecule has 2 heteroatoms. The topological polar surface area (TPSA) is 38.0 Å². The lowest BCUT2D eigenvalue weighted by Crippen LogP contribution is -2.29. The molecule has 0 radical (unpaired) electrons. The van der Waals surface area contributed by atoms with Gasteiger partial charge in [0.05, 0.1) is 0 Å². The highest BCUT2D eigenvalue weighted by atomic mass is 14.9. The van der Waals surface area contributed by atoms with Crippen molar-refractivity contribution < 1.29 is 0 Å². The van der Waals surface area contributed by atoms with Gasteiger partial charge in [0.1, 0.15) is 0 Å². The Hall–Kier alpha value is -0.0800. The number of hydrogen-bond acceptors (Lipinski definition) is 2. The number of nitrogens with two attached hydrogens (primary N) is 1. The Bertz CT molecular complexity index is 71.9. The monoisotopic (exact) mass is 174 g/mol. The van der Waals surface area contributed by atoms with Gasteiger partial charge in [0, 0.05) is 12.1 Å². The molecule has 0 rings (SSSR count). The molecule has 3 N–H and O–H groups in total. The fourth-order valence-corrected chi connectivity index (χ4v) is 0.667. The van der Waals surface area contributed by atoms with E-state index in [9.17, 15) is 0 Å². The minimum Gasteiger partial charge on any atom is -0.330 e. The van der Waals surface area contributed by atoms with E-state index < -0.39 is 0 Å². The second-order valence-electron chi connectivity index (χ2n) is 4.11. The van der Waals surface area contributed by atoms with Crippen LogP contribution in [0.25, 0.3) is 0 Å².